The molecule has 0 atom stereocenters. The number of aromatic nitrogens is 1. The van der Waals surface area contributed by atoms with Crippen molar-refractivity contribution in [3.63, 3.8) is 0 Å². The summed E-state index contributed by atoms with van der Waals surface area (Å²) in [5.41, 5.74) is -0.476. The summed E-state index contributed by atoms with van der Waals surface area (Å²) >= 11 is 0. The zero-order chi connectivity index (χ0) is 13.8. The topological polar surface area (TPSA) is 77.3 Å². The van der Waals surface area contributed by atoms with Gasteiger partial charge in [0.1, 0.15) is 5.82 Å². The third kappa shape index (κ3) is 4.07. The van der Waals surface area contributed by atoms with Gasteiger partial charge in [0, 0.05) is 13.1 Å². The summed E-state index contributed by atoms with van der Waals surface area (Å²) in [6.07, 6.45) is -5.58. The molecule has 0 spiro atoms. The minimum Gasteiger partial charge on any atom is -0.472 e. The van der Waals surface area contributed by atoms with E-state index >= 15 is 0 Å². The van der Waals surface area contributed by atoms with Crippen molar-refractivity contribution in [3.05, 3.63) is 22.2 Å². The zero-order valence-electron chi connectivity index (χ0n) is 9.32. The second-order valence-electron chi connectivity index (χ2n) is 3.24. The number of nitrogens with zero attached hydrogens (tertiary/aromatic N) is 2. The minimum atomic E-state index is -4.38. The molecule has 6 nitrogen and oxygen atoms in total. The van der Waals surface area contributed by atoms with Gasteiger partial charge in [-0.1, -0.05) is 0 Å². The van der Waals surface area contributed by atoms with E-state index in [-0.39, 0.29) is 5.82 Å². The Kier molecular flexibility index (Phi) is 4.29. The predicted octanol–water partition coefficient (Wildman–Crippen LogP) is 2.36. The molecule has 0 saturated heterocycles. The molecule has 0 aliphatic carbocycles. The van der Waals surface area contributed by atoms with Gasteiger partial charge in [0.25, 0.3) is 5.88 Å². The lowest BCUT2D eigenvalue weighted by atomic mass is 10.4. The van der Waals surface area contributed by atoms with E-state index in [0.29, 0.717) is 0 Å². The molecule has 0 aliphatic heterocycles. The summed E-state index contributed by atoms with van der Waals surface area (Å²) in [6.45, 7) is -0.718. The maximum Gasteiger partial charge on any atom is 0.392 e. The number of nitro groups is 1. The number of ether oxygens (including phenoxy) is 1. The molecular weight excluding hydrogens is 255 g/mol. The van der Waals surface area contributed by atoms with Crippen LogP contribution in [0.4, 0.5) is 24.7 Å². The second kappa shape index (κ2) is 5.52. The average Bonchev–Trinajstić information content (AvgIpc) is 2.26. The van der Waals surface area contributed by atoms with Gasteiger partial charge in [0.15, 0.2) is 0 Å². The van der Waals surface area contributed by atoms with E-state index in [2.05, 4.69) is 10.3 Å². The van der Waals surface area contributed by atoms with E-state index in [9.17, 15) is 23.3 Å². The first kappa shape index (κ1) is 14.0. The zero-order valence-corrected chi connectivity index (χ0v) is 9.32. The molecule has 0 fully saturated rings. The molecule has 18 heavy (non-hydrogen) atoms. The van der Waals surface area contributed by atoms with Crippen molar-refractivity contribution in [2.24, 2.45) is 0 Å². The van der Waals surface area contributed by atoms with Crippen LogP contribution in [0.5, 0.6) is 5.88 Å². The van der Waals surface area contributed by atoms with Crippen molar-refractivity contribution in [2.75, 3.05) is 19.0 Å². The minimum absolute atomic E-state index is 0.266. The first-order valence-electron chi connectivity index (χ1n) is 4.86. The SMILES string of the molecule is CNc1ccc([N+](=O)[O-])c(OCCC(F)(F)F)n1. The van der Waals surface area contributed by atoms with Gasteiger partial charge in [0.2, 0.25) is 0 Å². The molecule has 0 unspecified atom stereocenters. The molecule has 0 bridgehead atoms. The van der Waals surface area contributed by atoms with Gasteiger partial charge in [0.05, 0.1) is 18.0 Å². The van der Waals surface area contributed by atoms with Crippen LogP contribution in [-0.4, -0.2) is 29.7 Å². The first-order chi connectivity index (χ1) is 8.33. The number of anilines is 1. The third-order valence-electron chi connectivity index (χ3n) is 1.92. The average molecular weight is 265 g/mol. The highest BCUT2D eigenvalue weighted by atomic mass is 19.4. The van der Waals surface area contributed by atoms with Crippen LogP contribution in [0.2, 0.25) is 0 Å². The van der Waals surface area contributed by atoms with Gasteiger partial charge >= 0.3 is 11.9 Å². The molecule has 0 aromatic carbocycles. The van der Waals surface area contributed by atoms with E-state index in [1.807, 2.05) is 0 Å². The molecule has 1 heterocycles. The van der Waals surface area contributed by atoms with Gasteiger partial charge in [-0.25, -0.2) is 0 Å². The van der Waals surface area contributed by atoms with Gasteiger partial charge < -0.3 is 10.1 Å². The summed E-state index contributed by atoms with van der Waals surface area (Å²) in [5.74, 6) is -0.168. The monoisotopic (exact) mass is 265 g/mol. The largest absolute Gasteiger partial charge is 0.472 e. The lowest BCUT2D eigenvalue weighted by Gasteiger charge is -2.09. The highest BCUT2D eigenvalue weighted by molar-refractivity contribution is 5.48. The number of pyridine rings is 1. The fourth-order valence-electron chi connectivity index (χ4n) is 1.08. The maximum atomic E-state index is 11.9. The van der Waals surface area contributed by atoms with Crippen LogP contribution in [0.25, 0.3) is 0 Å². The number of hydrogen-bond donors (Lipinski definition) is 1. The number of hydrogen-bond acceptors (Lipinski definition) is 5. The molecule has 1 aromatic rings. The number of rotatable bonds is 5. The van der Waals surface area contributed by atoms with E-state index in [1.54, 1.807) is 0 Å². The van der Waals surface area contributed by atoms with Crippen molar-refractivity contribution < 1.29 is 22.8 Å². The normalized spacial score (nSPS) is 11.1. The third-order valence-corrected chi connectivity index (χ3v) is 1.92. The van der Waals surface area contributed by atoms with Crippen LogP contribution in [-0.2, 0) is 0 Å². The molecule has 9 heteroatoms. The summed E-state index contributed by atoms with van der Waals surface area (Å²) in [6, 6.07) is 2.44. The molecule has 100 valence electrons. The van der Waals surface area contributed by atoms with E-state index in [0.717, 1.165) is 6.07 Å². The van der Waals surface area contributed by atoms with Crippen LogP contribution in [0.15, 0.2) is 12.1 Å². The standard InChI is InChI=1S/C9H10F3N3O3/c1-13-7-3-2-6(15(16)17)8(14-7)18-5-4-9(10,11)12/h2-3H,4-5H2,1H3,(H,13,14). The van der Waals surface area contributed by atoms with Crippen molar-refractivity contribution in [1.82, 2.24) is 4.98 Å². The van der Waals surface area contributed by atoms with Crippen LogP contribution in [0, 0.1) is 10.1 Å². The molecule has 0 amide bonds. The van der Waals surface area contributed by atoms with Crippen molar-refractivity contribution >= 4 is 11.5 Å². The molecule has 1 aromatic heterocycles. The van der Waals surface area contributed by atoms with Gasteiger partial charge in [-0.3, -0.25) is 10.1 Å². The Morgan fingerprint density at radius 3 is 2.67 bits per heavy atom. The number of nitrogens with one attached hydrogen (secondary N) is 1. The van der Waals surface area contributed by atoms with Gasteiger partial charge in [-0.2, -0.15) is 18.2 Å². The number of alkyl halides is 3. The van der Waals surface area contributed by atoms with E-state index in [1.165, 1.54) is 13.1 Å². The van der Waals surface area contributed by atoms with Crippen molar-refractivity contribution in [2.45, 2.75) is 12.6 Å². The Morgan fingerprint density at radius 1 is 1.50 bits per heavy atom. The Balaban J connectivity index is 2.81. The van der Waals surface area contributed by atoms with Crippen LogP contribution >= 0.6 is 0 Å². The molecule has 0 aliphatic rings. The fraction of sp³-hybridized carbons (Fsp3) is 0.444. The smallest absolute Gasteiger partial charge is 0.392 e. The van der Waals surface area contributed by atoms with E-state index in [4.69, 9.17) is 4.74 Å². The Morgan fingerprint density at radius 2 is 2.17 bits per heavy atom. The van der Waals surface area contributed by atoms with Crippen molar-refractivity contribution in [1.29, 1.82) is 0 Å². The summed E-state index contributed by atoms with van der Waals surface area (Å²) in [5, 5.41) is 13.2. The molecule has 0 radical (unpaired) electrons. The Bertz CT molecular complexity index is 437. The highest BCUT2D eigenvalue weighted by Crippen LogP contribution is 2.27. The van der Waals surface area contributed by atoms with Gasteiger partial charge in [-0.05, 0) is 6.07 Å². The highest BCUT2D eigenvalue weighted by Gasteiger charge is 2.28. The first-order valence-corrected chi connectivity index (χ1v) is 4.86. The Labute approximate surface area is 99.9 Å². The summed E-state index contributed by atoms with van der Waals surface area (Å²) in [4.78, 5) is 13.5. The van der Waals surface area contributed by atoms with Crippen LogP contribution in [0.1, 0.15) is 6.42 Å². The molecule has 1 rings (SSSR count). The second-order valence-corrected chi connectivity index (χ2v) is 3.24. The lowest BCUT2D eigenvalue weighted by molar-refractivity contribution is -0.386. The summed E-state index contributed by atoms with van der Waals surface area (Å²) in [7, 11) is 1.52. The van der Waals surface area contributed by atoms with Gasteiger partial charge in [-0.15, -0.1) is 0 Å². The molecule has 0 saturated carbocycles. The quantitative estimate of drug-likeness (QED) is 0.653. The van der Waals surface area contributed by atoms with Crippen LogP contribution < -0.4 is 10.1 Å². The fourth-order valence-corrected chi connectivity index (χ4v) is 1.08. The van der Waals surface area contributed by atoms with Crippen molar-refractivity contribution in [3.8, 4) is 5.88 Å². The summed E-state index contributed by atoms with van der Waals surface area (Å²) < 4.78 is 40.5. The predicted molar refractivity (Wildman–Crippen MR) is 56.6 cm³/mol. The number of halogens is 3. The maximum absolute atomic E-state index is 11.9. The lowest BCUT2D eigenvalue weighted by Crippen LogP contribution is -2.14. The molecular formula is C9H10F3N3O3. The Hall–Kier alpha value is -2.06. The van der Waals surface area contributed by atoms with E-state index < -0.39 is 35.7 Å². The van der Waals surface area contributed by atoms with Crippen LogP contribution in [0.3, 0.4) is 0 Å². The molecule has 1 N–H and O–H groups in total.